The molecule has 0 amide bonds. The van der Waals surface area contributed by atoms with Crippen molar-refractivity contribution in [1.29, 1.82) is 0 Å². The third-order valence-corrected chi connectivity index (χ3v) is 23.2. The zero-order valence-electron chi connectivity index (χ0n) is 36.5. The Morgan fingerprint density at radius 2 is 0.738 bits per heavy atom. The molecular formula is C58H42N4SeSi2. The monoisotopic (exact) mass is 930 g/mol. The Balaban J connectivity index is 0.859. The van der Waals surface area contributed by atoms with E-state index in [4.69, 9.17) is 7.96 Å². The maximum atomic E-state index is 5.08. The van der Waals surface area contributed by atoms with Gasteiger partial charge in [-0.15, -0.1) is 0 Å². The molecule has 0 spiro atoms. The molecule has 2 aliphatic heterocycles. The van der Waals surface area contributed by atoms with Gasteiger partial charge in [-0.3, -0.25) is 0 Å². The van der Waals surface area contributed by atoms with E-state index in [9.17, 15) is 0 Å². The van der Waals surface area contributed by atoms with Crippen LogP contribution in [-0.4, -0.2) is 48.2 Å². The van der Waals surface area contributed by atoms with Gasteiger partial charge in [-0.25, -0.2) is 0 Å². The second kappa shape index (κ2) is 13.3. The molecule has 9 aromatic carbocycles. The topological polar surface area (TPSA) is 35.6 Å². The average Bonchev–Trinajstić information content (AvgIpc) is 4.14. The van der Waals surface area contributed by atoms with Crippen molar-refractivity contribution in [2.75, 3.05) is 0 Å². The molecule has 0 N–H and O–H groups in total. The third-order valence-electron chi connectivity index (χ3n) is 15.0. The molecule has 2 aliphatic rings. The number of para-hydroxylation sites is 2. The SMILES string of the molecule is C[Si]1(C)c2ccccc2-c2ccc3c4ccccc4n(-c4ccc(-c5ccc(-c6ccc(-n7c8ccccc8c8ccc9c(c87)[Si](C)(C)c7ccccc7-9)cc6)c6n[se]nc56)cc4)c3c21. The molecule has 65 heavy (non-hydrogen) atoms. The van der Waals surface area contributed by atoms with Gasteiger partial charge in [-0.1, -0.05) is 48.5 Å². The van der Waals surface area contributed by atoms with E-state index in [1.165, 1.54) is 98.0 Å². The van der Waals surface area contributed by atoms with Crippen molar-refractivity contribution in [3.63, 3.8) is 0 Å². The molecule has 7 heteroatoms. The summed E-state index contributed by atoms with van der Waals surface area (Å²) in [5.74, 6) is 0. The van der Waals surface area contributed by atoms with Crippen molar-refractivity contribution >= 4 is 107 Å². The number of hydrogen-bond acceptors (Lipinski definition) is 2. The second-order valence-corrected chi connectivity index (χ2v) is 28.7. The van der Waals surface area contributed by atoms with Crippen molar-refractivity contribution in [2.45, 2.75) is 26.2 Å². The molecular weight excluding hydrogens is 888 g/mol. The van der Waals surface area contributed by atoms with Crippen LogP contribution >= 0.6 is 0 Å². The van der Waals surface area contributed by atoms with Gasteiger partial charge in [0.1, 0.15) is 0 Å². The van der Waals surface area contributed by atoms with E-state index in [0.29, 0.717) is 0 Å². The number of aromatic nitrogens is 4. The number of rotatable bonds is 4. The van der Waals surface area contributed by atoms with Crippen LogP contribution in [0.15, 0.2) is 182 Å². The van der Waals surface area contributed by atoms with Gasteiger partial charge in [0.15, 0.2) is 0 Å². The van der Waals surface area contributed by atoms with Crippen molar-refractivity contribution in [3.8, 4) is 55.9 Å². The normalized spacial score (nSPS) is 14.4. The zero-order valence-corrected chi connectivity index (χ0v) is 40.2. The molecule has 0 bridgehead atoms. The summed E-state index contributed by atoms with van der Waals surface area (Å²) >= 11 is -0.192. The van der Waals surface area contributed by atoms with Crippen LogP contribution in [0.1, 0.15) is 0 Å². The first-order valence-electron chi connectivity index (χ1n) is 22.6. The predicted molar refractivity (Wildman–Crippen MR) is 280 cm³/mol. The van der Waals surface area contributed by atoms with Crippen LogP contribution in [0.25, 0.3) is 111 Å². The van der Waals surface area contributed by atoms with Gasteiger partial charge in [0, 0.05) is 0 Å². The summed E-state index contributed by atoms with van der Waals surface area (Å²) in [6.07, 6.45) is 0. The van der Waals surface area contributed by atoms with E-state index in [2.05, 4.69) is 217 Å². The summed E-state index contributed by atoms with van der Waals surface area (Å²) < 4.78 is 15.2. The minimum atomic E-state index is -1.98. The van der Waals surface area contributed by atoms with E-state index >= 15 is 0 Å². The standard InChI is InChI=1S/C58H42N4SeSi2/c1-64(2)51-19-11-7-15-43(51)47-33-31-45-41-13-5-9-17-49(41)61(55(45)57(47)64)37-25-21-35(22-26-37)39-29-30-40(54-53(39)59-63-60-54)36-23-27-38(28-24-36)62-50-18-10-6-14-42(50)46-32-34-48-44-16-8-12-20-52(44)65(3,4)58(48)56(46)62/h5-34H,1-4H3. The molecule has 0 saturated heterocycles. The van der Waals surface area contributed by atoms with Crippen LogP contribution < -0.4 is 20.7 Å². The molecule has 0 radical (unpaired) electrons. The maximum absolute atomic E-state index is 5.08. The van der Waals surface area contributed by atoms with Gasteiger partial charge >= 0.3 is 339 Å². The molecule has 4 nitrogen and oxygen atoms in total. The van der Waals surface area contributed by atoms with Crippen LogP contribution in [0.5, 0.6) is 0 Å². The Hall–Kier alpha value is -6.87. The van der Waals surface area contributed by atoms with Crippen LogP contribution in [0.2, 0.25) is 26.2 Å². The van der Waals surface area contributed by atoms with Gasteiger partial charge in [0.2, 0.25) is 0 Å². The predicted octanol–water partition coefficient (Wildman–Crippen LogP) is 11.8. The Kier molecular flexibility index (Phi) is 7.70. The summed E-state index contributed by atoms with van der Waals surface area (Å²) in [4.78, 5) is 0. The first kappa shape index (κ1) is 37.5. The van der Waals surface area contributed by atoms with Crippen LogP contribution in [-0.2, 0) is 0 Å². The van der Waals surface area contributed by atoms with Crippen LogP contribution in [0.3, 0.4) is 0 Å². The second-order valence-electron chi connectivity index (χ2n) is 19.0. The molecule has 0 fully saturated rings. The van der Waals surface area contributed by atoms with E-state index in [-0.39, 0.29) is 15.0 Å². The van der Waals surface area contributed by atoms with Crippen LogP contribution in [0, 0.1) is 0 Å². The fraction of sp³-hybridized carbons (Fsp3) is 0.0690. The van der Waals surface area contributed by atoms with Gasteiger partial charge in [-0.2, -0.15) is 0 Å². The number of hydrogen-bond donors (Lipinski definition) is 0. The molecule has 3 aromatic heterocycles. The van der Waals surface area contributed by atoms with Crippen molar-refractivity contribution in [3.05, 3.63) is 182 Å². The third kappa shape index (κ3) is 5.01. The Morgan fingerprint density at radius 1 is 0.354 bits per heavy atom. The number of nitrogens with zero attached hydrogens (tertiary/aromatic N) is 4. The summed E-state index contributed by atoms with van der Waals surface area (Å²) in [5, 5.41) is 11.4. The molecule has 0 atom stereocenters. The van der Waals surface area contributed by atoms with Gasteiger partial charge in [0.05, 0.1) is 0 Å². The zero-order chi connectivity index (χ0) is 43.3. The molecule has 0 saturated carbocycles. The number of fused-ring (bicyclic) bond motifs is 15. The Bertz CT molecular complexity index is 3740. The number of benzene rings is 9. The molecule has 0 aliphatic carbocycles. The molecule has 0 unspecified atom stereocenters. The first-order valence-corrected chi connectivity index (χ1v) is 30.1. The Labute approximate surface area is 385 Å². The van der Waals surface area contributed by atoms with Gasteiger partial charge in [0.25, 0.3) is 0 Å². The van der Waals surface area contributed by atoms with E-state index in [1.54, 1.807) is 0 Å². The fourth-order valence-electron chi connectivity index (χ4n) is 12.1. The minimum absolute atomic E-state index is 0.192. The van der Waals surface area contributed by atoms with Gasteiger partial charge < -0.3 is 0 Å². The molecule has 308 valence electrons. The van der Waals surface area contributed by atoms with Crippen molar-refractivity contribution in [1.82, 2.24) is 17.1 Å². The average molecular weight is 930 g/mol. The van der Waals surface area contributed by atoms with Crippen molar-refractivity contribution in [2.24, 2.45) is 0 Å². The summed E-state index contributed by atoms with van der Waals surface area (Å²) in [6.45, 7) is 10.1. The van der Waals surface area contributed by atoms with E-state index in [1.807, 2.05) is 0 Å². The van der Waals surface area contributed by atoms with Crippen LogP contribution in [0.4, 0.5) is 0 Å². The molecule has 12 aromatic rings. The van der Waals surface area contributed by atoms with Crippen molar-refractivity contribution < 1.29 is 0 Å². The quantitative estimate of drug-likeness (QED) is 0.165. The van der Waals surface area contributed by atoms with Gasteiger partial charge in [-0.05, 0) is 0 Å². The first-order chi connectivity index (χ1) is 31.8. The molecule has 14 rings (SSSR count). The van der Waals surface area contributed by atoms with E-state index in [0.717, 1.165) is 33.3 Å². The summed E-state index contributed by atoms with van der Waals surface area (Å²) in [6, 6.07) is 68.4. The van der Waals surface area contributed by atoms with E-state index < -0.39 is 16.1 Å². The summed E-state index contributed by atoms with van der Waals surface area (Å²) in [7, 11) is -3.97. The fourth-order valence-corrected chi connectivity index (χ4v) is 20.1. The molecule has 5 heterocycles. The summed E-state index contributed by atoms with van der Waals surface area (Å²) in [5.41, 5.74) is 19.8. The Morgan fingerprint density at radius 3 is 1.18 bits per heavy atom.